The van der Waals surface area contributed by atoms with Gasteiger partial charge in [-0.25, -0.2) is 13.2 Å². The monoisotopic (exact) mass is 268 g/mol. The topological polar surface area (TPSA) is 38.0 Å². The molecule has 14 heavy (non-hydrogen) atoms. The Morgan fingerprint density at radius 1 is 1.43 bits per heavy atom. The molecule has 0 spiro atoms. The lowest BCUT2D eigenvalue weighted by Gasteiger charge is -2.09. The molecule has 1 aromatic rings. The van der Waals surface area contributed by atoms with Crippen molar-refractivity contribution >= 4 is 27.3 Å². The van der Waals surface area contributed by atoms with Gasteiger partial charge in [-0.3, -0.25) is 0 Å². The summed E-state index contributed by atoms with van der Waals surface area (Å²) >= 11 is 2.93. The Hall–Kier alpha value is -0.910. The van der Waals surface area contributed by atoms with Crippen LogP contribution in [0.5, 0.6) is 0 Å². The van der Waals surface area contributed by atoms with Gasteiger partial charge in [0.05, 0.1) is 22.4 Å². The highest BCUT2D eigenvalue weighted by Gasteiger charge is 2.07. The van der Waals surface area contributed by atoms with E-state index in [2.05, 4.69) is 21.2 Å². The number of anilines is 2. The lowest BCUT2D eigenvalue weighted by molar-refractivity contribution is 0.163. The van der Waals surface area contributed by atoms with Gasteiger partial charge in [-0.05, 0) is 22.0 Å². The Labute approximate surface area is 87.4 Å². The number of rotatable bonds is 3. The van der Waals surface area contributed by atoms with Crippen LogP contribution in [0.3, 0.4) is 0 Å². The van der Waals surface area contributed by atoms with Crippen LogP contribution in [0.15, 0.2) is 16.6 Å². The van der Waals surface area contributed by atoms with Crippen molar-refractivity contribution in [2.24, 2.45) is 0 Å². The van der Waals surface area contributed by atoms with Gasteiger partial charge in [0.25, 0.3) is 6.43 Å². The van der Waals surface area contributed by atoms with Crippen LogP contribution < -0.4 is 11.1 Å². The summed E-state index contributed by atoms with van der Waals surface area (Å²) in [6.07, 6.45) is -2.47. The second kappa shape index (κ2) is 4.54. The Bertz CT molecular complexity index is 331. The minimum Gasteiger partial charge on any atom is -0.397 e. The van der Waals surface area contributed by atoms with E-state index in [1.165, 1.54) is 6.07 Å². The molecule has 0 aliphatic rings. The number of benzene rings is 1. The molecule has 2 nitrogen and oxygen atoms in total. The van der Waals surface area contributed by atoms with Crippen molar-refractivity contribution in [1.82, 2.24) is 0 Å². The average Bonchev–Trinajstić information content (AvgIpc) is 2.09. The highest BCUT2D eigenvalue weighted by atomic mass is 79.9. The highest BCUT2D eigenvalue weighted by molar-refractivity contribution is 9.10. The highest BCUT2D eigenvalue weighted by Crippen LogP contribution is 2.26. The summed E-state index contributed by atoms with van der Waals surface area (Å²) in [7, 11) is 0. The minimum absolute atomic E-state index is 0.103. The van der Waals surface area contributed by atoms with E-state index in [-0.39, 0.29) is 10.2 Å². The van der Waals surface area contributed by atoms with Crippen LogP contribution in [0.1, 0.15) is 0 Å². The first kappa shape index (κ1) is 11.2. The smallest absolute Gasteiger partial charge is 0.255 e. The number of hydrogen-bond donors (Lipinski definition) is 2. The number of nitrogens with one attached hydrogen (secondary N) is 1. The van der Waals surface area contributed by atoms with Gasteiger partial charge < -0.3 is 11.1 Å². The summed E-state index contributed by atoms with van der Waals surface area (Å²) < 4.78 is 36.7. The third-order valence-electron chi connectivity index (χ3n) is 1.54. The molecule has 0 saturated carbocycles. The van der Waals surface area contributed by atoms with Crippen LogP contribution in [0.25, 0.3) is 0 Å². The molecular weight excluding hydrogens is 261 g/mol. The number of alkyl halides is 2. The fourth-order valence-electron chi connectivity index (χ4n) is 0.902. The third kappa shape index (κ3) is 2.80. The molecule has 1 aromatic carbocycles. The zero-order chi connectivity index (χ0) is 10.7. The van der Waals surface area contributed by atoms with Crippen molar-refractivity contribution < 1.29 is 13.2 Å². The van der Waals surface area contributed by atoms with E-state index in [9.17, 15) is 13.2 Å². The molecule has 0 aromatic heterocycles. The van der Waals surface area contributed by atoms with Crippen molar-refractivity contribution in [1.29, 1.82) is 0 Å². The maximum atomic E-state index is 12.9. The van der Waals surface area contributed by atoms with Crippen LogP contribution in [-0.2, 0) is 0 Å². The van der Waals surface area contributed by atoms with E-state index in [1.807, 2.05) is 0 Å². The van der Waals surface area contributed by atoms with Gasteiger partial charge in [0, 0.05) is 6.07 Å². The molecule has 1 rings (SSSR count). The molecule has 78 valence electrons. The summed E-state index contributed by atoms with van der Waals surface area (Å²) in [5, 5.41) is 2.41. The largest absolute Gasteiger partial charge is 0.397 e. The van der Waals surface area contributed by atoms with Gasteiger partial charge in [-0.1, -0.05) is 0 Å². The quantitative estimate of drug-likeness (QED) is 0.828. The standard InChI is InChI=1S/C8H8BrF3N2/c9-4-1-7(14-3-8(11)12)6(13)2-5(4)10/h1-2,8,14H,3,13H2. The van der Waals surface area contributed by atoms with Crippen molar-refractivity contribution in [3.8, 4) is 0 Å². The number of nitrogens with two attached hydrogens (primary N) is 1. The second-order valence-corrected chi connectivity index (χ2v) is 3.48. The van der Waals surface area contributed by atoms with E-state index in [1.54, 1.807) is 0 Å². The Morgan fingerprint density at radius 2 is 2.07 bits per heavy atom. The summed E-state index contributed by atoms with van der Waals surface area (Å²) in [4.78, 5) is 0. The van der Waals surface area contributed by atoms with Gasteiger partial charge in [0.15, 0.2) is 0 Å². The van der Waals surface area contributed by atoms with Crippen molar-refractivity contribution in [2.75, 3.05) is 17.6 Å². The molecule has 0 aliphatic heterocycles. The summed E-state index contributed by atoms with van der Waals surface area (Å²) in [6, 6.07) is 2.39. The molecule has 0 aliphatic carbocycles. The second-order valence-electron chi connectivity index (χ2n) is 2.63. The molecule has 0 radical (unpaired) electrons. The number of hydrogen-bond acceptors (Lipinski definition) is 2. The van der Waals surface area contributed by atoms with Crippen molar-refractivity contribution in [3.63, 3.8) is 0 Å². The molecular formula is C8H8BrF3N2. The normalized spacial score (nSPS) is 10.6. The average molecular weight is 269 g/mol. The lowest BCUT2D eigenvalue weighted by atomic mass is 10.2. The lowest BCUT2D eigenvalue weighted by Crippen LogP contribution is -2.11. The van der Waals surface area contributed by atoms with Gasteiger partial charge in [-0.2, -0.15) is 0 Å². The summed E-state index contributed by atoms with van der Waals surface area (Å²) in [5.74, 6) is -0.523. The Kier molecular flexibility index (Phi) is 3.62. The molecule has 0 unspecified atom stereocenters. The van der Waals surface area contributed by atoms with Crippen LogP contribution in [-0.4, -0.2) is 13.0 Å². The molecule has 0 fully saturated rings. The molecule has 3 N–H and O–H groups in total. The van der Waals surface area contributed by atoms with Gasteiger partial charge in [0.2, 0.25) is 0 Å². The molecule has 0 saturated heterocycles. The SMILES string of the molecule is Nc1cc(F)c(Br)cc1NCC(F)F. The van der Waals surface area contributed by atoms with Crippen molar-refractivity contribution in [2.45, 2.75) is 6.43 Å². The predicted octanol–water partition coefficient (Wildman–Crippen LogP) is 2.85. The molecule has 0 amide bonds. The molecule has 0 bridgehead atoms. The van der Waals surface area contributed by atoms with Crippen LogP contribution in [0.4, 0.5) is 24.5 Å². The maximum absolute atomic E-state index is 12.9. The third-order valence-corrected chi connectivity index (χ3v) is 2.15. The van der Waals surface area contributed by atoms with Gasteiger partial charge in [-0.15, -0.1) is 0 Å². The molecule has 6 heteroatoms. The fourth-order valence-corrected chi connectivity index (χ4v) is 1.25. The zero-order valence-electron chi connectivity index (χ0n) is 7.03. The van der Waals surface area contributed by atoms with Crippen LogP contribution >= 0.6 is 15.9 Å². The van der Waals surface area contributed by atoms with Gasteiger partial charge in [0.1, 0.15) is 5.82 Å². The minimum atomic E-state index is -2.47. The van der Waals surface area contributed by atoms with Crippen LogP contribution in [0.2, 0.25) is 0 Å². The fraction of sp³-hybridized carbons (Fsp3) is 0.250. The molecule has 0 atom stereocenters. The Morgan fingerprint density at radius 3 is 2.64 bits per heavy atom. The van der Waals surface area contributed by atoms with E-state index >= 15 is 0 Å². The van der Waals surface area contributed by atoms with E-state index in [0.29, 0.717) is 5.69 Å². The van der Waals surface area contributed by atoms with E-state index < -0.39 is 18.8 Å². The van der Waals surface area contributed by atoms with E-state index in [4.69, 9.17) is 5.73 Å². The first-order valence-electron chi connectivity index (χ1n) is 3.77. The van der Waals surface area contributed by atoms with Crippen LogP contribution in [0, 0.1) is 5.82 Å². The van der Waals surface area contributed by atoms with E-state index in [0.717, 1.165) is 6.07 Å². The predicted molar refractivity (Wildman–Crippen MR) is 53.0 cm³/mol. The number of halogens is 4. The first-order chi connectivity index (χ1) is 6.50. The summed E-state index contributed by atoms with van der Waals surface area (Å²) in [6.45, 7) is -0.512. The zero-order valence-corrected chi connectivity index (χ0v) is 8.61. The first-order valence-corrected chi connectivity index (χ1v) is 4.56. The Balaban J connectivity index is 2.82. The molecule has 0 heterocycles. The van der Waals surface area contributed by atoms with Gasteiger partial charge >= 0.3 is 0 Å². The summed E-state index contributed by atoms with van der Waals surface area (Å²) in [5.41, 5.74) is 5.80. The van der Waals surface area contributed by atoms with Crippen molar-refractivity contribution in [3.05, 3.63) is 22.4 Å². The number of nitrogen functional groups attached to an aromatic ring is 1. The maximum Gasteiger partial charge on any atom is 0.255 e.